The molecule has 2 aromatic rings. The fraction of sp³-hybridized carbons (Fsp3) is 0.133. The predicted molar refractivity (Wildman–Crippen MR) is 69.3 cm³/mol. The number of hydrogen-bond acceptors (Lipinski definition) is 2. The van der Waals surface area contributed by atoms with E-state index in [9.17, 15) is 9.18 Å². The van der Waals surface area contributed by atoms with E-state index in [0.717, 1.165) is 12.0 Å². The standard InChI is InChI=1S/C15H13FO3/c1-2-10-6-8-11(9-7-10)19-14-12(15(17)18)4-3-5-13(14)16/h3-9H,2H2,1H3,(H,17,18). The third-order valence-corrected chi connectivity index (χ3v) is 2.75. The molecular formula is C15H13FO3. The minimum atomic E-state index is -1.22. The Morgan fingerprint density at radius 2 is 1.89 bits per heavy atom. The van der Waals surface area contributed by atoms with Gasteiger partial charge in [0.05, 0.1) is 0 Å². The van der Waals surface area contributed by atoms with Gasteiger partial charge in [0, 0.05) is 0 Å². The number of aryl methyl sites for hydroxylation is 1. The van der Waals surface area contributed by atoms with Gasteiger partial charge in [-0.25, -0.2) is 9.18 Å². The van der Waals surface area contributed by atoms with Gasteiger partial charge in [-0.15, -0.1) is 0 Å². The van der Waals surface area contributed by atoms with Gasteiger partial charge in [0.15, 0.2) is 11.6 Å². The zero-order valence-corrected chi connectivity index (χ0v) is 10.4. The monoisotopic (exact) mass is 260 g/mol. The molecule has 19 heavy (non-hydrogen) atoms. The Balaban J connectivity index is 2.34. The Hall–Kier alpha value is -2.36. The van der Waals surface area contributed by atoms with Crippen LogP contribution in [0.4, 0.5) is 4.39 Å². The normalized spacial score (nSPS) is 10.2. The molecule has 0 aliphatic heterocycles. The predicted octanol–water partition coefficient (Wildman–Crippen LogP) is 3.88. The summed E-state index contributed by atoms with van der Waals surface area (Å²) >= 11 is 0. The number of carboxylic acids is 1. The molecule has 0 saturated heterocycles. The van der Waals surface area contributed by atoms with Crippen molar-refractivity contribution in [3.8, 4) is 11.5 Å². The molecule has 0 radical (unpaired) electrons. The molecule has 0 bridgehead atoms. The molecule has 0 aliphatic carbocycles. The second kappa shape index (κ2) is 5.52. The molecule has 0 aromatic heterocycles. The first-order valence-electron chi connectivity index (χ1n) is 5.90. The summed E-state index contributed by atoms with van der Waals surface area (Å²) in [5.74, 6) is -1.77. The lowest BCUT2D eigenvalue weighted by Crippen LogP contribution is -2.01. The van der Waals surface area contributed by atoms with E-state index in [4.69, 9.17) is 9.84 Å². The molecule has 2 aromatic carbocycles. The van der Waals surface area contributed by atoms with E-state index < -0.39 is 11.8 Å². The van der Waals surface area contributed by atoms with E-state index >= 15 is 0 Å². The second-order valence-corrected chi connectivity index (χ2v) is 4.02. The zero-order valence-electron chi connectivity index (χ0n) is 10.4. The molecule has 0 amide bonds. The Morgan fingerprint density at radius 3 is 2.47 bits per heavy atom. The van der Waals surface area contributed by atoms with Gasteiger partial charge in [0.25, 0.3) is 0 Å². The molecule has 2 rings (SSSR count). The quantitative estimate of drug-likeness (QED) is 0.907. The SMILES string of the molecule is CCc1ccc(Oc2c(F)cccc2C(=O)O)cc1. The van der Waals surface area contributed by atoms with Gasteiger partial charge in [0.1, 0.15) is 11.3 Å². The number of carbonyl (C=O) groups is 1. The first-order chi connectivity index (χ1) is 9.11. The number of hydrogen-bond donors (Lipinski definition) is 1. The first kappa shape index (κ1) is 13.1. The number of carboxylic acid groups (broad SMARTS) is 1. The molecule has 3 nitrogen and oxygen atoms in total. The second-order valence-electron chi connectivity index (χ2n) is 4.02. The number of benzene rings is 2. The summed E-state index contributed by atoms with van der Waals surface area (Å²) in [5, 5.41) is 9.00. The summed E-state index contributed by atoms with van der Waals surface area (Å²) in [4.78, 5) is 11.0. The Morgan fingerprint density at radius 1 is 1.21 bits per heavy atom. The van der Waals surface area contributed by atoms with E-state index in [0.29, 0.717) is 5.75 Å². The van der Waals surface area contributed by atoms with E-state index in [1.54, 1.807) is 12.1 Å². The highest BCUT2D eigenvalue weighted by Gasteiger charge is 2.16. The van der Waals surface area contributed by atoms with Gasteiger partial charge in [-0.05, 0) is 36.2 Å². The van der Waals surface area contributed by atoms with Crippen molar-refractivity contribution >= 4 is 5.97 Å². The van der Waals surface area contributed by atoms with Gasteiger partial charge in [0.2, 0.25) is 0 Å². The Kier molecular flexibility index (Phi) is 3.80. The third kappa shape index (κ3) is 2.91. The fourth-order valence-electron chi connectivity index (χ4n) is 1.69. The summed E-state index contributed by atoms with van der Waals surface area (Å²) in [6, 6.07) is 10.9. The van der Waals surface area contributed by atoms with Crippen molar-refractivity contribution in [2.24, 2.45) is 0 Å². The first-order valence-corrected chi connectivity index (χ1v) is 5.90. The molecular weight excluding hydrogens is 247 g/mol. The van der Waals surface area contributed by atoms with Gasteiger partial charge < -0.3 is 9.84 Å². The molecule has 0 fully saturated rings. The molecule has 0 atom stereocenters. The minimum absolute atomic E-state index is 0.195. The van der Waals surface area contributed by atoms with Gasteiger partial charge in [-0.3, -0.25) is 0 Å². The van der Waals surface area contributed by atoms with Crippen LogP contribution < -0.4 is 4.74 Å². The fourth-order valence-corrected chi connectivity index (χ4v) is 1.69. The molecule has 0 spiro atoms. The molecule has 0 saturated carbocycles. The summed E-state index contributed by atoms with van der Waals surface area (Å²) in [6.07, 6.45) is 0.889. The van der Waals surface area contributed by atoms with Crippen LogP contribution in [-0.2, 0) is 6.42 Å². The van der Waals surface area contributed by atoms with Gasteiger partial charge in [-0.1, -0.05) is 25.1 Å². The van der Waals surface area contributed by atoms with Gasteiger partial charge >= 0.3 is 5.97 Å². The van der Waals surface area contributed by atoms with Gasteiger partial charge in [-0.2, -0.15) is 0 Å². The lowest BCUT2D eigenvalue weighted by atomic mass is 10.1. The maximum atomic E-state index is 13.7. The largest absolute Gasteiger partial charge is 0.478 e. The maximum Gasteiger partial charge on any atom is 0.339 e. The molecule has 0 aliphatic rings. The molecule has 98 valence electrons. The number of rotatable bonds is 4. The summed E-state index contributed by atoms with van der Waals surface area (Å²) in [7, 11) is 0. The van der Waals surface area contributed by atoms with Crippen LogP contribution in [0, 0.1) is 5.82 Å². The van der Waals surface area contributed by atoms with Crippen molar-refractivity contribution in [1.82, 2.24) is 0 Å². The summed E-state index contributed by atoms with van der Waals surface area (Å²) in [5.41, 5.74) is 0.930. The molecule has 0 heterocycles. The topological polar surface area (TPSA) is 46.5 Å². The molecule has 1 N–H and O–H groups in total. The summed E-state index contributed by atoms with van der Waals surface area (Å²) < 4.78 is 19.0. The minimum Gasteiger partial charge on any atom is -0.478 e. The van der Waals surface area contributed by atoms with Crippen molar-refractivity contribution in [3.05, 3.63) is 59.4 Å². The van der Waals surface area contributed by atoms with Crippen LogP contribution in [0.25, 0.3) is 0 Å². The lowest BCUT2D eigenvalue weighted by molar-refractivity contribution is 0.0693. The highest BCUT2D eigenvalue weighted by atomic mass is 19.1. The van der Waals surface area contributed by atoms with E-state index in [1.807, 2.05) is 19.1 Å². The number of para-hydroxylation sites is 1. The van der Waals surface area contributed by atoms with Crippen LogP contribution in [0.5, 0.6) is 11.5 Å². The zero-order chi connectivity index (χ0) is 13.8. The highest BCUT2D eigenvalue weighted by molar-refractivity contribution is 5.91. The van der Waals surface area contributed by atoms with Crippen molar-refractivity contribution in [2.45, 2.75) is 13.3 Å². The van der Waals surface area contributed by atoms with Crippen LogP contribution >= 0.6 is 0 Å². The third-order valence-electron chi connectivity index (χ3n) is 2.75. The molecule has 4 heteroatoms. The van der Waals surface area contributed by atoms with Crippen molar-refractivity contribution in [3.63, 3.8) is 0 Å². The van der Waals surface area contributed by atoms with Crippen molar-refractivity contribution in [2.75, 3.05) is 0 Å². The average molecular weight is 260 g/mol. The summed E-state index contributed by atoms with van der Waals surface area (Å²) in [6.45, 7) is 2.02. The molecule has 0 unspecified atom stereocenters. The van der Waals surface area contributed by atoms with E-state index in [1.165, 1.54) is 18.2 Å². The van der Waals surface area contributed by atoms with Crippen LogP contribution in [0.2, 0.25) is 0 Å². The van der Waals surface area contributed by atoms with E-state index in [2.05, 4.69) is 0 Å². The van der Waals surface area contributed by atoms with Crippen LogP contribution in [-0.4, -0.2) is 11.1 Å². The van der Waals surface area contributed by atoms with Crippen molar-refractivity contribution in [1.29, 1.82) is 0 Å². The van der Waals surface area contributed by atoms with Crippen LogP contribution in [0.3, 0.4) is 0 Å². The van der Waals surface area contributed by atoms with Crippen LogP contribution in [0.15, 0.2) is 42.5 Å². The lowest BCUT2D eigenvalue weighted by Gasteiger charge is -2.10. The van der Waals surface area contributed by atoms with Crippen LogP contribution in [0.1, 0.15) is 22.8 Å². The maximum absolute atomic E-state index is 13.7. The Bertz CT molecular complexity index is 591. The smallest absolute Gasteiger partial charge is 0.339 e. The number of ether oxygens (including phenoxy) is 1. The van der Waals surface area contributed by atoms with Crippen molar-refractivity contribution < 1.29 is 19.0 Å². The highest BCUT2D eigenvalue weighted by Crippen LogP contribution is 2.28. The number of aromatic carboxylic acids is 1. The number of halogens is 1. The Labute approximate surface area is 110 Å². The van der Waals surface area contributed by atoms with E-state index in [-0.39, 0.29) is 11.3 Å². The average Bonchev–Trinajstić information content (AvgIpc) is 2.41.